The summed E-state index contributed by atoms with van der Waals surface area (Å²) in [7, 11) is 0. The Balaban J connectivity index is 1.65. The summed E-state index contributed by atoms with van der Waals surface area (Å²) in [5.74, 6) is 0.808. The molecule has 170 valence electrons. The zero-order valence-electron chi connectivity index (χ0n) is 18.6. The lowest BCUT2D eigenvalue weighted by atomic mass is 10.1. The van der Waals surface area contributed by atoms with Gasteiger partial charge < -0.3 is 24.4 Å². The van der Waals surface area contributed by atoms with Gasteiger partial charge in [-0.25, -0.2) is 9.37 Å². The van der Waals surface area contributed by atoms with E-state index >= 15 is 0 Å². The molecule has 0 amide bonds. The maximum Gasteiger partial charge on any atom is 0.207 e. The number of aryl methyl sites for hydroxylation is 2. The SMILES string of the molecule is Cc1cc(Cn2c(N3CCNCC3)nc3c(N4CCOCC4)cc(Cl)cc32)cc(C)c1F. The maximum atomic E-state index is 14.3. The average Bonchev–Trinajstić information content (AvgIpc) is 3.16. The fraction of sp³-hybridized carbons (Fsp3) is 0.458. The molecule has 2 fully saturated rings. The van der Waals surface area contributed by atoms with Crippen LogP contribution in [0.25, 0.3) is 11.0 Å². The lowest BCUT2D eigenvalue weighted by Crippen LogP contribution is -2.44. The van der Waals surface area contributed by atoms with Crippen molar-refractivity contribution in [3.8, 4) is 0 Å². The summed E-state index contributed by atoms with van der Waals surface area (Å²) in [6.07, 6.45) is 0. The van der Waals surface area contributed by atoms with Crippen LogP contribution in [0.3, 0.4) is 0 Å². The first-order valence-electron chi connectivity index (χ1n) is 11.2. The summed E-state index contributed by atoms with van der Waals surface area (Å²) in [6, 6.07) is 7.88. The van der Waals surface area contributed by atoms with E-state index in [4.69, 9.17) is 21.3 Å². The Bertz CT molecular complexity index is 1110. The second-order valence-corrected chi connectivity index (χ2v) is 9.11. The van der Waals surface area contributed by atoms with Crippen LogP contribution in [-0.4, -0.2) is 62.0 Å². The molecule has 5 rings (SSSR count). The van der Waals surface area contributed by atoms with E-state index in [1.54, 1.807) is 0 Å². The van der Waals surface area contributed by atoms with Gasteiger partial charge in [0.25, 0.3) is 0 Å². The lowest BCUT2D eigenvalue weighted by Gasteiger charge is -2.29. The molecule has 2 aliphatic heterocycles. The first-order valence-corrected chi connectivity index (χ1v) is 11.6. The highest BCUT2D eigenvalue weighted by Crippen LogP contribution is 2.35. The number of piperazine rings is 1. The van der Waals surface area contributed by atoms with Crippen molar-refractivity contribution < 1.29 is 9.13 Å². The highest BCUT2D eigenvalue weighted by molar-refractivity contribution is 6.31. The zero-order valence-corrected chi connectivity index (χ0v) is 19.4. The minimum atomic E-state index is -0.135. The van der Waals surface area contributed by atoms with Gasteiger partial charge in [-0.15, -0.1) is 0 Å². The van der Waals surface area contributed by atoms with E-state index in [0.29, 0.717) is 35.9 Å². The average molecular weight is 458 g/mol. The predicted octanol–water partition coefficient (Wildman–Crippen LogP) is 3.74. The van der Waals surface area contributed by atoms with Gasteiger partial charge in [0.2, 0.25) is 5.95 Å². The summed E-state index contributed by atoms with van der Waals surface area (Å²) in [6.45, 7) is 10.9. The predicted molar refractivity (Wildman–Crippen MR) is 128 cm³/mol. The van der Waals surface area contributed by atoms with Crippen LogP contribution < -0.4 is 15.1 Å². The Kier molecular flexibility index (Phi) is 5.97. The smallest absolute Gasteiger partial charge is 0.207 e. The fourth-order valence-corrected chi connectivity index (χ4v) is 4.98. The van der Waals surface area contributed by atoms with Gasteiger partial charge in [-0.2, -0.15) is 0 Å². The first kappa shape index (κ1) is 21.5. The molecule has 1 N–H and O–H groups in total. The molecule has 32 heavy (non-hydrogen) atoms. The van der Waals surface area contributed by atoms with Crippen molar-refractivity contribution in [1.82, 2.24) is 14.9 Å². The standard InChI is InChI=1S/C24H29ClFN5O/c1-16-11-18(12-17(2)22(16)26)15-31-21-14-19(25)13-20(29-7-9-32-10-8-29)23(21)28-24(31)30-5-3-27-4-6-30/h11-14,27H,3-10,15H2,1-2H3. The molecule has 0 radical (unpaired) electrons. The number of aromatic nitrogens is 2. The molecule has 0 unspecified atom stereocenters. The van der Waals surface area contributed by atoms with E-state index in [1.807, 2.05) is 38.1 Å². The topological polar surface area (TPSA) is 45.6 Å². The van der Waals surface area contributed by atoms with E-state index < -0.39 is 0 Å². The van der Waals surface area contributed by atoms with Gasteiger partial charge in [-0.1, -0.05) is 23.7 Å². The number of ether oxygens (including phenoxy) is 1. The molecule has 3 heterocycles. The van der Waals surface area contributed by atoms with E-state index in [1.165, 1.54) is 0 Å². The lowest BCUT2D eigenvalue weighted by molar-refractivity contribution is 0.123. The van der Waals surface area contributed by atoms with Crippen LogP contribution in [0.15, 0.2) is 24.3 Å². The van der Waals surface area contributed by atoms with Gasteiger partial charge >= 0.3 is 0 Å². The Morgan fingerprint density at radius 3 is 2.38 bits per heavy atom. The number of imidazole rings is 1. The quantitative estimate of drug-likeness (QED) is 0.646. The monoisotopic (exact) mass is 457 g/mol. The second kappa shape index (κ2) is 8.89. The van der Waals surface area contributed by atoms with Crippen LogP contribution in [-0.2, 0) is 11.3 Å². The molecular weight excluding hydrogens is 429 g/mol. The molecule has 2 aromatic carbocycles. The number of morpholine rings is 1. The molecule has 0 bridgehead atoms. The van der Waals surface area contributed by atoms with Crippen molar-refractivity contribution in [2.75, 3.05) is 62.3 Å². The number of nitrogens with one attached hydrogen (secondary N) is 1. The molecule has 0 saturated carbocycles. The highest BCUT2D eigenvalue weighted by atomic mass is 35.5. The van der Waals surface area contributed by atoms with Gasteiger partial charge in [-0.05, 0) is 42.7 Å². The van der Waals surface area contributed by atoms with E-state index in [0.717, 1.165) is 67.5 Å². The number of rotatable bonds is 4. The summed E-state index contributed by atoms with van der Waals surface area (Å²) < 4.78 is 22.0. The number of anilines is 2. The zero-order chi connectivity index (χ0) is 22.2. The number of hydrogen-bond donors (Lipinski definition) is 1. The number of benzene rings is 2. The summed E-state index contributed by atoms with van der Waals surface area (Å²) in [5.41, 5.74) is 5.41. The number of hydrogen-bond acceptors (Lipinski definition) is 5. The van der Waals surface area contributed by atoms with Gasteiger partial charge in [-0.3, -0.25) is 0 Å². The van der Waals surface area contributed by atoms with Crippen molar-refractivity contribution in [2.24, 2.45) is 0 Å². The summed E-state index contributed by atoms with van der Waals surface area (Å²) in [5, 5.41) is 4.11. The van der Waals surface area contributed by atoms with Crippen molar-refractivity contribution in [1.29, 1.82) is 0 Å². The number of fused-ring (bicyclic) bond motifs is 1. The van der Waals surface area contributed by atoms with Crippen LogP contribution in [0, 0.1) is 19.7 Å². The highest BCUT2D eigenvalue weighted by Gasteiger charge is 2.24. The molecule has 3 aromatic rings. The largest absolute Gasteiger partial charge is 0.378 e. The van der Waals surface area contributed by atoms with Gasteiger partial charge in [0, 0.05) is 44.3 Å². The van der Waals surface area contributed by atoms with E-state index in [9.17, 15) is 4.39 Å². The van der Waals surface area contributed by atoms with Crippen molar-refractivity contribution >= 4 is 34.3 Å². The van der Waals surface area contributed by atoms with Gasteiger partial charge in [0.15, 0.2) is 0 Å². The number of nitrogens with zero attached hydrogens (tertiary/aromatic N) is 4. The van der Waals surface area contributed by atoms with Crippen LogP contribution in [0.1, 0.15) is 16.7 Å². The Morgan fingerprint density at radius 1 is 1.00 bits per heavy atom. The third-order valence-electron chi connectivity index (χ3n) is 6.37. The van der Waals surface area contributed by atoms with Crippen LogP contribution in [0.5, 0.6) is 0 Å². The summed E-state index contributed by atoms with van der Waals surface area (Å²) >= 11 is 6.61. The number of halogens is 2. The molecule has 6 nitrogen and oxygen atoms in total. The molecular formula is C24H29ClFN5O. The van der Waals surface area contributed by atoms with E-state index in [2.05, 4.69) is 19.7 Å². The summed E-state index contributed by atoms with van der Waals surface area (Å²) in [4.78, 5) is 9.80. The molecule has 0 atom stereocenters. The molecule has 0 aliphatic carbocycles. The normalized spacial score (nSPS) is 17.4. The second-order valence-electron chi connectivity index (χ2n) is 8.67. The van der Waals surface area contributed by atoms with Crippen molar-refractivity contribution in [3.63, 3.8) is 0 Å². The molecule has 8 heteroatoms. The minimum absolute atomic E-state index is 0.135. The fourth-order valence-electron chi connectivity index (χ4n) is 4.78. The van der Waals surface area contributed by atoms with Crippen molar-refractivity contribution in [3.05, 3.63) is 51.8 Å². The third-order valence-corrected chi connectivity index (χ3v) is 6.59. The Hall–Kier alpha value is -2.35. The van der Waals surface area contributed by atoms with Crippen LogP contribution in [0.2, 0.25) is 5.02 Å². The Morgan fingerprint density at radius 2 is 1.69 bits per heavy atom. The molecule has 2 aliphatic rings. The van der Waals surface area contributed by atoms with E-state index in [-0.39, 0.29) is 5.82 Å². The van der Waals surface area contributed by atoms with Crippen molar-refractivity contribution in [2.45, 2.75) is 20.4 Å². The molecule has 0 spiro atoms. The van der Waals surface area contributed by atoms with Crippen LogP contribution in [0.4, 0.5) is 16.0 Å². The minimum Gasteiger partial charge on any atom is -0.378 e. The first-order chi connectivity index (χ1) is 15.5. The van der Waals surface area contributed by atoms with Gasteiger partial charge in [0.05, 0.1) is 31.0 Å². The molecule has 2 saturated heterocycles. The Labute approximate surface area is 192 Å². The third kappa shape index (κ3) is 4.05. The van der Waals surface area contributed by atoms with Gasteiger partial charge in [0.1, 0.15) is 11.3 Å². The maximum absolute atomic E-state index is 14.3. The van der Waals surface area contributed by atoms with Crippen LogP contribution >= 0.6 is 11.6 Å². The molecule has 1 aromatic heterocycles.